The summed E-state index contributed by atoms with van der Waals surface area (Å²) in [7, 11) is 1.55. The van der Waals surface area contributed by atoms with Crippen LogP contribution in [0.5, 0.6) is 11.5 Å². The van der Waals surface area contributed by atoms with Gasteiger partial charge < -0.3 is 14.9 Å². The second-order valence-electron chi connectivity index (χ2n) is 6.32. The zero-order valence-corrected chi connectivity index (χ0v) is 13.0. The lowest BCUT2D eigenvalue weighted by molar-refractivity contribution is 0.164. The van der Waals surface area contributed by atoms with E-state index in [1.54, 1.807) is 13.2 Å². The first-order chi connectivity index (χ1) is 9.37. The average Bonchev–Trinajstić information content (AvgIpc) is 2.36. The highest BCUT2D eigenvalue weighted by Gasteiger charge is 2.18. The number of aliphatic hydroxyl groups is 1. The van der Waals surface area contributed by atoms with Crippen molar-refractivity contribution in [3.63, 3.8) is 0 Å². The quantitative estimate of drug-likeness (QED) is 0.806. The molecule has 0 aliphatic carbocycles. The zero-order valence-electron chi connectivity index (χ0n) is 13.0. The van der Waals surface area contributed by atoms with Crippen molar-refractivity contribution in [3.8, 4) is 11.5 Å². The molecule has 0 heterocycles. The average molecular weight is 281 g/mol. The number of phenolic OH excluding ortho intramolecular Hbond substituents is 1. The van der Waals surface area contributed by atoms with Crippen molar-refractivity contribution in [1.29, 1.82) is 0 Å². The van der Waals surface area contributed by atoms with E-state index in [2.05, 4.69) is 25.7 Å². The topological polar surface area (TPSA) is 52.9 Å². The molecule has 114 valence electrons. The minimum absolute atomic E-state index is 0.171. The molecule has 0 atom stereocenters. The van der Waals surface area contributed by atoms with Crippen LogP contribution in [0.1, 0.15) is 32.8 Å². The summed E-state index contributed by atoms with van der Waals surface area (Å²) in [6, 6.07) is 5.54. The summed E-state index contributed by atoms with van der Waals surface area (Å²) in [6.07, 6.45) is 0.737. The number of rotatable bonds is 7. The Morgan fingerprint density at radius 3 is 2.50 bits per heavy atom. The standard InChI is InChI=1S/C16H27NO3/c1-16(2,3)12-17(9-6-10-18)11-13-7-5-8-14(20-4)15(13)19/h5,7-8,18-19H,6,9-12H2,1-4H3. The summed E-state index contributed by atoms with van der Waals surface area (Å²) in [5, 5.41) is 19.2. The maximum Gasteiger partial charge on any atom is 0.162 e. The number of hydrogen-bond acceptors (Lipinski definition) is 4. The van der Waals surface area contributed by atoms with Crippen molar-refractivity contribution in [3.05, 3.63) is 23.8 Å². The minimum atomic E-state index is 0.171. The summed E-state index contributed by atoms with van der Waals surface area (Å²) in [6.45, 7) is 9.11. The molecule has 0 aliphatic heterocycles. The van der Waals surface area contributed by atoms with E-state index >= 15 is 0 Å². The van der Waals surface area contributed by atoms with Crippen molar-refractivity contribution < 1.29 is 14.9 Å². The lowest BCUT2D eigenvalue weighted by Crippen LogP contribution is -2.33. The first kappa shape index (κ1) is 16.8. The molecule has 0 unspecified atom stereocenters. The van der Waals surface area contributed by atoms with Gasteiger partial charge in [-0.3, -0.25) is 4.90 Å². The first-order valence-corrected chi connectivity index (χ1v) is 7.05. The van der Waals surface area contributed by atoms with Gasteiger partial charge in [0.05, 0.1) is 7.11 Å². The predicted octanol–water partition coefficient (Wildman–Crippen LogP) is 2.63. The number of ether oxygens (including phenoxy) is 1. The summed E-state index contributed by atoms with van der Waals surface area (Å²) in [5.41, 5.74) is 1.02. The fourth-order valence-electron chi connectivity index (χ4n) is 2.28. The van der Waals surface area contributed by atoms with Crippen LogP contribution >= 0.6 is 0 Å². The van der Waals surface area contributed by atoms with Gasteiger partial charge in [-0.15, -0.1) is 0 Å². The molecule has 2 N–H and O–H groups in total. The highest BCUT2D eigenvalue weighted by atomic mass is 16.5. The van der Waals surface area contributed by atoms with Crippen LogP contribution < -0.4 is 4.74 Å². The van der Waals surface area contributed by atoms with Crippen molar-refractivity contribution in [1.82, 2.24) is 4.90 Å². The van der Waals surface area contributed by atoms with E-state index in [0.29, 0.717) is 12.3 Å². The van der Waals surface area contributed by atoms with E-state index in [4.69, 9.17) is 9.84 Å². The zero-order chi connectivity index (χ0) is 15.2. The van der Waals surface area contributed by atoms with E-state index in [-0.39, 0.29) is 17.8 Å². The van der Waals surface area contributed by atoms with E-state index in [0.717, 1.165) is 25.1 Å². The molecular weight excluding hydrogens is 254 g/mol. The smallest absolute Gasteiger partial charge is 0.162 e. The molecule has 0 spiro atoms. The molecule has 0 saturated heterocycles. The molecule has 0 bridgehead atoms. The van der Waals surface area contributed by atoms with Crippen LogP contribution in [-0.2, 0) is 6.54 Å². The molecule has 0 fully saturated rings. The van der Waals surface area contributed by atoms with Gasteiger partial charge in [0.15, 0.2) is 11.5 Å². The lowest BCUT2D eigenvalue weighted by Gasteiger charge is -2.30. The van der Waals surface area contributed by atoms with E-state index in [1.165, 1.54) is 0 Å². The molecule has 0 aliphatic rings. The number of hydrogen-bond donors (Lipinski definition) is 2. The third-order valence-corrected chi connectivity index (χ3v) is 3.03. The van der Waals surface area contributed by atoms with Crippen LogP contribution in [0, 0.1) is 5.41 Å². The van der Waals surface area contributed by atoms with Gasteiger partial charge in [0.1, 0.15) is 0 Å². The number of aromatic hydroxyl groups is 1. The largest absolute Gasteiger partial charge is 0.504 e. The fourth-order valence-corrected chi connectivity index (χ4v) is 2.28. The van der Waals surface area contributed by atoms with Crippen molar-refractivity contribution in [2.45, 2.75) is 33.7 Å². The third-order valence-electron chi connectivity index (χ3n) is 3.03. The molecule has 0 amide bonds. The lowest BCUT2D eigenvalue weighted by atomic mass is 9.95. The summed E-state index contributed by atoms with van der Waals surface area (Å²) >= 11 is 0. The molecule has 1 aromatic rings. The van der Waals surface area contributed by atoms with Crippen LogP contribution in [-0.4, -0.2) is 41.9 Å². The molecule has 4 nitrogen and oxygen atoms in total. The maximum absolute atomic E-state index is 10.2. The van der Waals surface area contributed by atoms with Gasteiger partial charge in [0.25, 0.3) is 0 Å². The number of methoxy groups -OCH3 is 1. The van der Waals surface area contributed by atoms with Crippen LogP contribution in [0.25, 0.3) is 0 Å². The highest BCUT2D eigenvalue weighted by molar-refractivity contribution is 5.45. The van der Waals surface area contributed by atoms with Gasteiger partial charge in [-0.25, -0.2) is 0 Å². The Balaban J connectivity index is 2.83. The van der Waals surface area contributed by atoms with Crippen LogP contribution in [0.4, 0.5) is 0 Å². The Bertz CT molecular complexity index is 413. The van der Waals surface area contributed by atoms with Gasteiger partial charge in [0, 0.05) is 31.8 Å². The molecule has 4 heteroatoms. The van der Waals surface area contributed by atoms with Crippen molar-refractivity contribution in [2.75, 3.05) is 26.8 Å². The van der Waals surface area contributed by atoms with Crippen molar-refractivity contribution >= 4 is 0 Å². The summed E-state index contributed by atoms with van der Waals surface area (Å²) < 4.78 is 5.14. The van der Waals surface area contributed by atoms with E-state index < -0.39 is 0 Å². The molecular formula is C16H27NO3. The normalized spacial score (nSPS) is 11.9. The monoisotopic (exact) mass is 281 g/mol. The van der Waals surface area contributed by atoms with Gasteiger partial charge in [-0.2, -0.15) is 0 Å². The predicted molar refractivity (Wildman–Crippen MR) is 81.1 cm³/mol. The second kappa shape index (κ2) is 7.50. The Kier molecular flexibility index (Phi) is 6.30. The van der Waals surface area contributed by atoms with Crippen LogP contribution in [0.2, 0.25) is 0 Å². The highest BCUT2D eigenvalue weighted by Crippen LogP contribution is 2.30. The summed E-state index contributed by atoms with van der Waals surface area (Å²) in [5.74, 6) is 0.707. The molecule has 0 aromatic heterocycles. The maximum atomic E-state index is 10.2. The SMILES string of the molecule is COc1cccc(CN(CCCO)CC(C)(C)C)c1O. The van der Waals surface area contributed by atoms with Crippen molar-refractivity contribution in [2.24, 2.45) is 5.41 Å². The Hall–Kier alpha value is -1.26. The van der Waals surface area contributed by atoms with E-state index in [9.17, 15) is 5.11 Å². The molecule has 20 heavy (non-hydrogen) atoms. The van der Waals surface area contributed by atoms with E-state index in [1.807, 2.05) is 12.1 Å². The Morgan fingerprint density at radius 2 is 1.95 bits per heavy atom. The number of benzene rings is 1. The first-order valence-electron chi connectivity index (χ1n) is 7.05. The van der Waals surface area contributed by atoms with Crippen LogP contribution in [0.15, 0.2) is 18.2 Å². The number of para-hydroxylation sites is 1. The number of phenols is 1. The van der Waals surface area contributed by atoms with Gasteiger partial charge in [0.2, 0.25) is 0 Å². The minimum Gasteiger partial charge on any atom is -0.504 e. The molecule has 1 rings (SSSR count). The molecule has 0 saturated carbocycles. The number of nitrogens with zero attached hydrogens (tertiary/aromatic N) is 1. The molecule has 1 aromatic carbocycles. The molecule has 0 radical (unpaired) electrons. The Labute approximate surface area is 122 Å². The van der Waals surface area contributed by atoms with Gasteiger partial charge in [-0.1, -0.05) is 32.9 Å². The summed E-state index contributed by atoms with van der Waals surface area (Å²) in [4.78, 5) is 2.25. The second-order valence-corrected chi connectivity index (χ2v) is 6.32. The third kappa shape index (κ3) is 5.39. The number of aliphatic hydroxyl groups excluding tert-OH is 1. The Morgan fingerprint density at radius 1 is 1.25 bits per heavy atom. The van der Waals surface area contributed by atoms with Gasteiger partial charge in [-0.05, 0) is 17.9 Å². The van der Waals surface area contributed by atoms with Gasteiger partial charge >= 0.3 is 0 Å². The van der Waals surface area contributed by atoms with Crippen LogP contribution in [0.3, 0.4) is 0 Å². The fraction of sp³-hybridized carbons (Fsp3) is 0.625.